The Morgan fingerprint density at radius 2 is 1.83 bits per heavy atom. The maximum Gasteiger partial charge on any atom is 0.325 e. The SMILES string of the molecule is COc1ccccc1Cc1c(C2CCCCC2)[nH]c(=O)[nH]c1=O. The minimum atomic E-state index is -0.417. The lowest BCUT2D eigenvalue weighted by Gasteiger charge is -2.23. The molecular formula is C18H22N2O3. The van der Waals surface area contributed by atoms with Gasteiger partial charge in [0.25, 0.3) is 5.56 Å². The number of para-hydroxylation sites is 1. The molecule has 1 heterocycles. The molecule has 1 aromatic carbocycles. The Morgan fingerprint density at radius 3 is 2.57 bits per heavy atom. The third kappa shape index (κ3) is 3.38. The third-order valence-electron chi connectivity index (χ3n) is 4.65. The largest absolute Gasteiger partial charge is 0.496 e. The van der Waals surface area contributed by atoms with Crippen molar-refractivity contribution in [2.75, 3.05) is 7.11 Å². The van der Waals surface area contributed by atoms with Gasteiger partial charge in [0, 0.05) is 17.7 Å². The maximum absolute atomic E-state index is 12.4. The highest BCUT2D eigenvalue weighted by Crippen LogP contribution is 2.33. The third-order valence-corrected chi connectivity index (χ3v) is 4.65. The molecule has 1 aliphatic rings. The standard InChI is InChI=1S/C18H22N2O3/c1-23-15-10-6-5-9-13(15)11-14-16(12-7-3-2-4-8-12)19-18(22)20-17(14)21/h5-6,9-10,12H,2-4,7-8,11H2,1H3,(H2,19,20,21,22). The van der Waals surface area contributed by atoms with Gasteiger partial charge in [-0.3, -0.25) is 9.78 Å². The lowest BCUT2D eigenvalue weighted by Crippen LogP contribution is -2.30. The summed E-state index contributed by atoms with van der Waals surface area (Å²) < 4.78 is 5.38. The lowest BCUT2D eigenvalue weighted by molar-refractivity contribution is 0.410. The first-order valence-electron chi connectivity index (χ1n) is 8.16. The molecule has 3 rings (SSSR count). The lowest BCUT2D eigenvalue weighted by atomic mass is 9.84. The van der Waals surface area contributed by atoms with Crippen molar-refractivity contribution in [3.63, 3.8) is 0 Å². The Kier molecular flexibility index (Phi) is 4.65. The van der Waals surface area contributed by atoms with Crippen LogP contribution in [0.3, 0.4) is 0 Å². The van der Waals surface area contributed by atoms with E-state index in [-0.39, 0.29) is 11.5 Å². The average Bonchev–Trinajstić information content (AvgIpc) is 2.58. The van der Waals surface area contributed by atoms with Crippen molar-refractivity contribution in [2.24, 2.45) is 0 Å². The van der Waals surface area contributed by atoms with Crippen LogP contribution in [0.5, 0.6) is 5.75 Å². The number of nitrogens with one attached hydrogen (secondary N) is 2. The molecule has 0 bridgehead atoms. The zero-order valence-corrected chi connectivity index (χ0v) is 13.4. The smallest absolute Gasteiger partial charge is 0.325 e. The molecule has 0 spiro atoms. The van der Waals surface area contributed by atoms with Crippen LogP contribution in [0.2, 0.25) is 0 Å². The Morgan fingerprint density at radius 1 is 1.09 bits per heavy atom. The monoisotopic (exact) mass is 314 g/mol. The Bertz CT molecular complexity index is 785. The summed E-state index contributed by atoms with van der Waals surface area (Å²) in [5, 5.41) is 0. The molecule has 122 valence electrons. The van der Waals surface area contributed by atoms with E-state index in [9.17, 15) is 9.59 Å². The van der Waals surface area contributed by atoms with Gasteiger partial charge >= 0.3 is 5.69 Å². The van der Waals surface area contributed by atoms with Crippen LogP contribution in [-0.2, 0) is 6.42 Å². The fourth-order valence-corrected chi connectivity index (χ4v) is 3.48. The summed E-state index contributed by atoms with van der Waals surface area (Å²) in [7, 11) is 1.62. The first kappa shape index (κ1) is 15.6. The van der Waals surface area contributed by atoms with Gasteiger partial charge in [0.1, 0.15) is 5.75 Å². The second-order valence-corrected chi connectivity index (χ2v) is 6.12. The molecule has 5 heteroatoms. The summed E-state index contributed by atoms with van der Waals surface area (Å²) in [4.78, 5) is 29.4. The van der Waals surface area contributed by atoms with Crippen LogP contribution in [0.1, 0.15) is 54.8 Å². The van der Waals surface area contributed by atoms with Crippen molar-refractivity contribution in [3.05, 3.63) is 61.9 Å². The van der Waals surface area contributed by atoms with Crippen LogP contribution in [0.4, 0.5) is 0 Å². The summed E-state index contributed by atoms with van der Waals surface area (Å²) in [6, 6.07) is 7.67. The number of aromatic amines is 2. The van der Waals surface area contributed by atoms with Gasteiger partial charge in [0.2, 0.25) is 0 Å². The molecule has 0 atom stereocenters. The highest BCUT2D eigenvalue weighted by Gasteiger charge is 2.22. The van der Waals surface area contributed by atoms with Gasteiger partial charge in [-0.05, 0) is 30.4 Å². The molecule has 1 aliphatic carbocycles. The van der Waals surface area contributed by atoms with E-state index >= 15 is 0 Å². The van der Waals surface area contributed by atoms with E-state index in [1.165, 1.54) is 6.42 Å². The molecule has 1 saturated carbocycles. The number of hydrogen-bond donors (Lipinski definition) is 2. The zero-order chi connectivity index (χ0) is 16.2. The normalized spacial score (nSPS) is 15.5. The van der Waals surface area contributed by atoms with E-state index in [0.29, 0.717) is 12.0 Å². The molecule has 5 nitrogen and oxygen atoms in total. The van der Waals surface area contributed by atoms with Gasteiger partial charge in [-0.2, -0.15) is 0 Å². The predicted molar refractivity (Wildman–Crippen MR) is 89.3 cm³/mol. The molecule has 0 aliphatic heterocycles. The van der Waals surface area contributed by atoms with Crippen LogP contribution in [-0.4, -0.2) is 17.1 Å². The van der Waals surface area contributed by atoms with E-state index in [1.54, 1.807) is 7.11 Å². The molecule has 1 aromatic heterocycles. The number of ether oxygens (including phenoxy) is 1. The highest BCUT2D eigenvalue weighted by atomic mass is 16.5. The van der Waals surface area contributed by atoms with Crippen molar-refractivity contribution in [3.8, 4) is 5.75 Å². The van der Waals surface area contributed by atoms with E-state index in [0.717, 1.165) is 42.7 Å². The first-order chi connectivity index (χ1) is 11.2. The van der Waals surface area contributed by atoms with E-state index in [1.807, 2.05) is 24.3 Å². The summed E-state index contributed by atoms with van der Waals surface area (Å²) in [6.07, 6.45) is 6.03. The van der Waals surface area contributed by atoms with Crippen LogP contribution >= 0.6 is 0 Å². The van der Waals surface area contributed by atoms with Crippen molar-refractivity contribution in [1.29, 1.82) is 0 Å². The van der Waals surface area contributed by atoms with Gasteiger partial charge < -0.3 is 9.72 Å². The second-order valence-electron chi connectivity index (χ2n) is 6.12. The Hall–Kier alpha value is -2.30. The van der Waals surface area contributed by atoms with E-state index in [2.05, 4.69) is 9.97 Å². The minimum Gasteiger partial charge on any atom is -0.496 e. The molecule has 0 amide bonds. The number of H-pyrrole nitrogens is 2. The Balaban J connectivity index is 2.03. The van der Waals surface area contributed by atoms with Crippen LogP contribution in [0.25, 0.3) is 0 Å². The summed E-state index contributed by atoms with van der Waals surface area (Å²) in [5.41, 5.74) is 1.70. The van der Waals surface area contributed by atoms with Crippen molar-refractivity contribution >= 4 is 0 Å². The van der Waals surface area contributed by atoms with Gasteiger partial charge in [-0.1, -0.05) is 37.5 Å². The van der Waals surface area contributed by atoms with Crippen molar-refractivity contribution < 1.29 is 4.74 Å². The Labute approximate surface area is 134 Å². The van der Waals surface area contributed by atoms with E-state index in [4.69, 9.17) is 4.74 Å². The van der Waals surface area contributed by atoms with Gasteiger partial charge in [-0.15, -0.1) is 0 Å². The van der Waals surface area contributed by atoms with E-state index < -0.39 is 5.69 Å². The molecule has 2 aromatic rings. The fraction of sp³-hybridized carbons (Fsp3) is 0.444. The van der Waals surface area contributed by atoms with Crippen LogP contribution in [0, 0.1) is 0 Å². The second kappa shape index (κ2) is 6.86. The molecule has 0 radical (unpaired) electrons. The van der Waals surface area contributed by atoms with Crippen LogP contribution in [0.15, 0.2) is 33.9 Å². The minimum absolute atomic E-state index is 0.267. The molecule has 23 heavy (non-hydrogen) atoms. The molecule has 1 fully saturated rings. The molecular weight excluding hydrogens is 292 g/mol. The molecule has 2 N–H and O–H groups in total. The number of rotatable bonds is 4. The maximum atomic E-state index is 12.4. The van der Waals surface area contributed by atoms with Gasteiger partial charge in [0.15, 0.2) is 0 Å². The summed E-state index contributed by atoms with van der Waals surface area (Å²) >= 11 is 0. The quantitative estimate of drug-likeness (QED) is 0.911. The van der Waals surface area contributed by atoms with Gasteiger partial charge in [0.05, 0.1) is 7.11 Å². The summed E-state index contributed by atoms with van der Waals surface area (Å²) in [5.74, 6) is 1.02. The number of aromatic nitrogens is 2. The average molecular weight is 314 g/mol. The number of benzene rings is 1. The van der Waals surface area contributed by atoms with Crippen LogP contribution < -0.4 is 16.0 Å². The zero-order valence-electron chi connectivity index (χ0n) is 13.4. The molecule has 0 unspecified atom stereocenters. The predicted octanol–water partition coefficient (Wildman–Crippen LogP) is 2.71. The number of methoxy groups -OCH3 is 1. The highest BCUT2D eigenvalue weighted by molar-refractivity contribution is 5.38. The first-order valence-corrected chi connectivity index (χ1v) is 8.16. The number of hydrogen-bond acceptors (Lipinski definition) is 3. The van der Waals surface area contributed by atoms with Crippen molar-refractivity contribution in [1.82, 2.24) is 9.97 Å². The summed E-state index contributed by atoms with van der Waals surface area (Å²) in [6.45, 7) is 0. The van der Waals surface area contributed by atoms with Gasteiger partial charge in [-0.25, -0.2) is 4.79 Å². The topological polar surface area (TPSA) is 75.0 Å². The van der Waals surface area contributed by atoms with Crippen molar-refractivity contribution in [2.45, 2.75) is 44.4 Å². The fourth-order valence-electron chi connectivity index (χ4n) is 3.48. The molecule has 0 saturated heterocycles.